The Morgan fingerprint density at radius 2 is 2.14 bits per heavy atom. The zero-order valence-electron chi connectivity index (χ0n) is 11.3. The van der Waals surface area contributed by atoms with Crippen molar-refractivity contribution >= 4 is 17.3 Å². The van der Waals surface area contributed by atoms with Crippen LogP contribution in [0, 0.1) is 10.1 Å². The molecule has 0 saturated carbocycles. The third-order valence-corrected chi connectivity index (χ3v) is 2.96. The fourth-order valence-corrected chi connectivity index (χ4v) is 1.94. The van der Waals surface area contributed by atoms with Gasteiger partial charge in [-0.25, -0.2) is 4.79 Å². The molecule has 0 aliphatic heterocycles. The number of carboxylic acid groups (broad SMARTS) is 1. The van der Waals surface area contributed by atoms with E-state index in [2.05, 4.69) is 4.98 Å². The van der Waals surface area contributed by atoms with Crippen LogP contribution in [0.3, 0.4) is 0 Å². The number of pyridine rings is 1. The number of nitrogens with zero attached hydrogens (tertiary/aromatic N) is 3. The van der Waals surface area contributed by atoms with E-state index in [4.69, 9.17) is 5.11 Å². The molecule has 1 aromatic carbocycles. The van der Waals surface area contributed by atoms with E-state index in [1.54, 1.807) is 30.3 Å². The van der Waals surface area contributed by atoms with E-state index in [0.29, 0.717) is 6.54 Å². The zero-order chi connectivity index (χ0) is 15.4. The number of nitro groups is 1. The summed E-state index contributed by atoms with van der Waals surface area (Å²) in [5.41, 5.74) is 0.836. The Morgan fingerprint density at radius 1 is 1.38 bits per heavy atom. The molecule has 2 aromatic rings. The van der Waals surface area contributed by atoms with Gasteiger partial charge in [0.25, 0.3) is 5.69 Å². The highest BCUT2D eigenvalue weighted by Gasteiger charge is 2.19. The van der Waals surface area contributed by atoms with Crippen molar-refractivity contribution in [2.45, 2.75) is 6.54 Å². The van der Waals surface area contributed by atoms with Gasteiger partial charge in [0.15, 0.2) is 0 Å². The standard InChI is InChI=1S/C14H13N3O4/c1-16(9-11-4-2-3-7-15-11)13-8-10(14(18)19)5-6-12(13)17(20)21/h2-8H,9H2,1H3,(H,18,19). The number of aromatic carboxylic acids is 1. The number of carboxylic acids is 1. The van der Waals surface area contributed by atoms with Crippen LogP contribution < -0.4 is 4.90 Å². The number of hydrogen-bond donors (Lipinski definition) is 1. The van der Waals surface area contributed by atoms with Gasteiger partial charge < -0.3 is 10.0 Å². The van der Waals surface area contributed by atoms with Gasteiger partial charge in [-0.3, -0.25) is 15.1 Å². The fraction of sp³-hybridized carbons (Fsp3) is 0.143. The average molecular weight is 287 g/mol. The van der Waals surface area contributed by atoms with Crippen LogP contribution in [0.25, 0.3) is 0 Å². The van der Waals surface area contributed by atoms with Crippen molar-refractivity contribution in [3.8, 4) is 0 Å². The summed E-state index contributed by atoms with van der Waals surface area (Å²) in [5.74, 6) is -1.13. The minimum absolute atomic E-state index is 0.00321. The van der Waals surface area contributed by atoms with Crippen molar-refractivity contribution < 1.29 is 14.8 Å². The second-order valence-corrected chi connectivity index (χ2v) is 4.44. The summed E-state index contributed by atoms with van der Waals surface area (Å²) >= 11 is 0. The number of nitro benzene ring substituents is 1. The molecule has 0 radical (unpaired) electrons. The second kappa shape index (κ2) is 6.00. The van der Waals surface area contributed by atoms with Crippen LogP contribution in [0.2, 0.25) is 0 Å². The van der Waals surface area contributed by atoms with Gasteiger partial charge in [0.1, 0.15) is 5.69 Å². The number of hydrogen-bond acceptors (Lipinski definition) is 5. The van der Waals surface area contributed by atoms with Crippen LogP contribution in [0.5, 0.6) is 0 Å². The van der Waals surface area contributed by atoms with Crippen molar-refractivity contribution in [2.75, 3.05) is 11.9 Å². The van der Waals surface area contributed by atoms with Crippen LogP contribution in [-0.2, 0) is 6.54 Å². The highest BCUT2D eigenvalue weighted by atomic mass is 16.6. The first-order chi connectivity index (χ1) is 9.99. The Balaban J connectivity index is 2.37. The lowest BCUT2D eigenvalue weighted by molar-refractivity contribution is -0.384. The Labute approximate surface area is 120 Å². The first-order valence-electron chi connectivity index (χ1n) is 6.12. The van der Waals surface area contributed by atoms with E-state index in [9.17, 15) is 14.9 Å². The molecule has 1 heterocycles. The molecule has 0 atom stereocenters. The molecule has 2 rings (SSSR count). The number of rotatable bonds is 5. The summed E-state index contributed by atoms with van der Waals surface area (Å²) in [7, 11) is 1.66. The summed E-state index contributed by atoms with van der Waals surface area (Å²) in [5, 5.41) is 20.1. The zero-order valence-corrected chi connectivity index (χ0v) is 11.3. The van der Waals surface area contributed by atoms with E-state index in [0.717, 1.165) is 5.69 Å². The van der Waals surface area contributed by atoms with Crippen molar-refractivity contribution in [3.63, 3.8) is 0 Å². The Morgan fingerprint density at radius 3 is 2.71 bits per heavy atom. The van der Waals surface area contributed by atoms with Crippen molar-refractivity contribution in [1.82, 2.24) is 4.98 Å². The molecule has 7 heteroatoms. The topological polar surface area (TPSA) is 96.6 Å². The predicted octanol–water partition coefficient (Wildman–Crippen LogP) is 2.32. The average Bonchev–Trinajstić information content (AvgIpc) is 2.47. The number of carbonyl (C=O) groups is 1. The van der Waals surface area contributed by atoms with Gasteiger partial charge >= 0.3 is 5.97 Å². The Bertz CT molecular complexity index is 673. The summed E-state index contributed by atoms with van der Waals surface area (Å²) in [6.07, 6.45) is 1.63. The first-order valence-corrected chi connectivity index (χ1v) is 6.12. The van der Waals surface area contributed by atoms with Gasteiger partial charge in [-0.15, -0.1) is 0 Å². The molecule has 108 valence electrons. The summed E-state index contributed by atoms with van der Waals surface area (Å²) in [6, 6.07) is 9.11. The van der Waals surface area contributed by atoms with Crippen molar-refractivity contribution in [3.05, 3.63) is 64.0 Å². The molecule has 1 aromatic heterocycles. The highest BCUT2D eigenvalue weighted by Crippen LogP contribution is 2.29. The molecule has 0 aliphatic carbocycles. The van der Waals surface area contributed by atoms with E-state index in [-0.39, 0.29) is 16.9 Å². The fourth-order valence-electron chi connectivity index (χ4n) is 1.94. The molecular formula is C14H13N3O4. The molecule has 0 bridgehead atoms. The van der Waals surface area contributed by atoms with Gasteiger partial charge in [0.05, 0.1) is 22.7 Å². The van der Waals surface area contributed by atoms with Gasteiger partial charge in [0, 0.05) is 19.3 Å². The maximum Gasteiger partial charge on any atom is 0.335 e. The van der Waals surface area contributed by atoms with Gasteiger partial charge in [-0.2, -0.15) is 0 Å². The normalized spacial score (nSPS) is 10.1. The molecule has 0 spiro atoms. The maximum atomic E-state index is 11.1. The molecule has 0 unspecified atom stereocenters. The third kappa shape index (κ3) is 3.33. The third-order valence-electron chi connectivity index (χ3n) is 2.96. The highest BCUT2D eigenvalue weighted by molar-refractivity contribution is 5.90. The molecule has 0 saturated heterocycles. The Hall–Kier alpha value is -2.96. The second-order valence-electron chi connectivity index (χ2n) is 4.44. The van der Waals surface area contributed by atoms with E-state index in [1.165, 1.54) is 18.2 Å². The monoisotopic (exact) mass is 287 g/mol. The molecule has 0 aliphatic rings. The van der Waals surface area contributed by atoms with Gasteiger partial charge in [-0.05, 0) is 24.3 Å². The van der Waals surface area contributed by atoms with Crippen LogP contribution >= 0.6 is 0 Å². The summed E-state index contributed by atoms with van der Waals surface area (Å²) in [6.45, 7) is 0.338. The smallest absolute Gasteiger partial charge is 0.335 e. The predicted molar refractivity (Wildman–Crippen MR) is 76.4 cm³/mol. The number of anilines is 1. The minimum atomic E-state index is -1.13. The lowest BCUT2D eigenvalue weighted by atomic mass is 10.1. The first kappa shape index (κ1) is 14.4. The van der Waals surface area contributed by atoms with Gasteiger partial charge in [-0.1, -0.05) is 6.07 Å². The molecular weight excluding hydrogens is 274 g/mol. The van der Waals surface area contributed by atoms with Crippen LogP contribution in [0.4, 0.5) is 11.4 Å². The maximum absolute atomic E-state index is 11.1. The molecule has 7 nitrogen and oxygen atoms in total. The lowest BCUT2D eigenvalue weighted by Gasteiger charge is -2.19. The van der Waals surface area contributed by atoms with E-state index >= 15 is 0 Å². The minimum Gasteiger partial charge on any atom is -0.478 e. The van der Waals surface area contributed by atoms with Crippen LogP contribution in [-0.4, -0.2) is 28.0 Å². The number of benzene rings is 1. The van der Waals surface area contributed by atoms with E-state index < -0.39 is 10.9 Å². The van der Waals surface area contributed by atoms with Gasteiger partial charge in [0.2, 0.25) is 0 Å². The Kier molecular flexibility index (Phi) is 4.13. The van der Waals surface area contributed by atoms with E-state index in [1.807, 2.05) is 6.07 Å². The molecule has 0 fully saturated rings. The van der Waals surface area contributed by atoms with Crippen LogP contribution in [0.15, 0.2) is 42.6 Å². The molecule has 21 heavy (non-hydrogen) atoms. The largest absolute Gasteiger partial charge is 0.478 e. The van der Waals surface area contributed by atoms with Crippen LogP contribution in [0.1, 0.15) is 16.1 Å². The molecule has 0 amide bonds. The quantitative estimate of drug-likeness (QED) is 0.669. The van der Waals surface area contributed by atoms with Crippen molar-refractivity contribution in [2.24, 2.45) is 0 Å². The summed E-state index contributed by atoms with van der Waals surface area (Å²) < 4.78 is 0. The summed E-state index contributed by atoms with van der Waals surface area (Å²) in [4.78, 5) is 27.3. The number of aromatic nitrogens is 1. The molecule has 1 N–H and O–H groups in total. The lowest BCUT2D eigenvalue weighted by Crippen LogP contribution is -2.19. The SMILES string of the molecule is CN(Cc1ccccn1)c1cc(C(=O)O)ccc1[N+](=O)[O-]. The van der Waals surface area contributed by atoms with Crippen molar-refractivity contribution in [1.29, 1.82) is 0 Å².